The van der Waals surface area contributed by atoms with Crippen molar-refractivity contribution in [3.05, 3.63) is 35.5 Å². The first-order valence-electron chi connectivity index (χ1n) is 14.7. The summed E-state index contributed by atoms with van der Waals surface area (Å²) in [5.41, 5.74) is 1.93. The Labute approximate surface area is 234 Å². The monoisotopic (exact) mass is 549 g/mol. The Hall–Kier alpha value is -2.95. The minimum Gasteiger partial charge on any atom is -0.361 e. The third-order valence-electron chi connectivity index (χ3n) is 10.0. The first-order valence-corrected chi connectivity index (χ1v) is 14.7. The second-order valence-electron chi connectivity index (χ2n) is 13.1. The van der Waals surface area contributed by atoms with Crippen LogP contribution in [0.2, 0.25) is 0 Å². The summed E-state index contributed by atoms with van der Waals surface area (Å²) in [5.74, 6) is -3.01. The maximum atomic E-state index is 14.0. The Morgan fingerprint density at radius 1 is 1.30 bits per heavy atom. The summed E-state index contributed by atoms with van der Waals surface area (Å²) in [6, 6.07) is 5.14. The molecule has 2 unspecified atom stereocenters. The van der Waals surface area contributed by atoms with E-state index in [2.05, 4.69) is 46.6 Å². The lowest BCUT2D eigenvalue weighted by Crippen LogP contribution is -2.71. The van der Waals surface area contributed by atoms with Crippen LogP contribution in [0.15, 0.2) is 24.4 Å². The van der Waals surface area contributed by atoms with E-state index in [1.54, 1.807) is 4.90 Å². The molecule has 7 rings (SSSR count). The largest absolute Gasteiger partial charge is 0.361 e. The lowest BCUT2D eigenvalue weighted by atomic mass is 9.72. The van der Waals surface area contributed by atoms with Crippen molar-refractivity contribution >= 4 is 28.6 Å². The van der Waals surface area contributed by atoms with Gasteiger partial charge in [-0.05, 0) is 69.2 Å². The number of likely N-dealkylation sites (tertiary alicyclic amines) is 1. The van der Waals surface area contributed by atoms with E-state index in [4.69, 9.17) is 4.74 Å². The summed E-state index contributed by atoms with van der Waals surface area (Å²) >= 11 is 0. The van der Waals surface area contributed by atoms with Crippen molar-refractivity contribution in [3.63, 3.8) is 0 Å². The molecule has 4 fully saturated rings. The van der Waals surface area contributed by atoms with Gasteiger partial charge in [0.25, 0.3) is 11.8 Å². The second-order valence-corrected chi connectivity index (χ2v) is 13.1. The molecule has 0 bridgehead atoms. The molecule has 5 aliphatic rings. The number of piperazine rings is 1. The zero-order valence-corrected chi connectivity index (χ0v) is 23.6. The van der Waals surface area contributed by atoms with Gasteiger partial charge in [-0.1, -0.05) is 26.0 Å². The van der Waals surface area contributed by atoms with Gasteiger partial charge in [0.2, 0.25) is 17.5 Å². The predicted octanol–water partition coefficient (Wildman–Crippen LogP) is 1.88. The van der Waals surface area contributed by atoms with Crippen LogP contribution in [0.5, 0.6) is 0 Å². The van der Waals surface area contributed by atoms with Gasteiger partial charge in [0, 0.05) is 42.1 Å². The number of nitrogens with zero attached hydrogens (tertiary/aromatic N) is 3. The van der Waals surface area contributed by atoms with Gasteiger partial charge < -0.3 is 25.2 Å². The Bertz CT molecular complexity index is 1410. The molecule has 3 amide bonds. The lowest BCUT2D eigenvalue weighted by molar-refractivity contribution is -0.315. The van der Waals surface area contributed by atoms with Crippen LogP contribution in [-0.2, 0) is 25.5 Å². The number of H-pyrrole nitrogens is 1. The number of likely N-dealkylation sites (N-methyl/N-ethyl adjacent to an activating group) is 1. The molecule has 40 heavy (non-hydrogen) atoms. The maximum Gasteiger partial charge on any atom is 0.280 e. The van der Waals surface area contributed by atoms with E-state index < -0.39 is 29.6 Å². The van der Waals surface area contributed by atoms with Crippen molar-refractivity contribution in [3.8, 4) is 0 Å². The second kappa shape index (κ2) is 8.77. The fraction of sp³-hybridized carbons (Fsp3) is 0.633. The first-order chi connectivity index (χ1) is 19.0. The average Bonchev–Trinajstić information content (AvgIpc) is 3.60. The third kappa shape index (κ3) is 3.55. The zero-order chi connectivity index (χ0) is 28.1. The molecule has 10 heteroatoms. The highest BCUT2D eigenvalue weighted by atomic mass is 16.7. The average molecular weight is 550 g/mol. The van der Waals surface area contributed by atoms with Crippen molar-refractivity contribution in [2.45, 2.75) is 88.6 Å². The van der Waals surface area contributed by atoms with Crippen LogP contribution < -0.4 is 5.32 Å². The number of aromatic nitrogens is 1. The molecule has 1 aromatic carbocycles. The van der Waals surface area contributed by atoms with Crippen molar-refractivity contribution < 1.29 is 24.2 Å². The van der Waals surface area contributed by atoms with E-state index >= 15 is 0 Å². The summed E-state index contributed by atoms with van der Waals surface area (Å²) in [6.45, 7) is 6.58. The fourth-order valence-electron chi connectivity index (χ4n) is 8.29. The topological polar surface area (TPSA) is 118 Å². The van der Waals surface area contributed by atoms with Crippen LogP contribution in [0.3, 0.4) is 0 Å². The Morgan fingerprint density at radius 3 is 2.88 bits per heavy atom. The molecule has 4 saturated heterocycles. The van der Waals surface area contributed by atoms with E-state index in [-0.39, 0.29) is 29.6 Å². The highest BCUT2D eigenvalue weighted by Crippen LogP contribution is 2.47. The maximum absolute atomic E-state index is 14.0. The Kier molecular flexibility index (Phi) is 5.70. The number of carbonyl (C=O) groups excluding carboxylic acids is 3. The molecule has 1 aromatic heterocycles. The first kappa shape index (κ1) is 26.0. The Morgan fingerprint density at radius 2 is 2.10 bits per heavy atom. The molecule has 1 aliphatic carbocycles. The number of nitrogens with one attached hydrogen (secondary N) is 2. The van der Waals surface area contributed by atoms with Gasteiger partial charge in [0.05, 0.1) is 5.92 Å². The van der Waals surface area contributed by atoms with E-state index in [1.807, 2.05) is 13.8 Å². The van der Waals surface area contributed by atoms with E-state index in [0.717, 1.165) is 18.4 Å². The van der Waals surface area contributed by atoms with Crippen molar-refractivity contribution in [2.24, 2.45) is 11.8 Å². The molecule has 10 nitrogen and oxygen atoms in total. The molecule has 5 heterocycles. The number of amides is 3. The van der Waals surface area contributed by atoms with Gasteiger partial charge in [-0.15, -0.1) is 0 Å². The predicted molar refractivity (Wildman–Crippen MR) is 147 cm³/mol. The van der Waals surface area contributed by atoms with Gasteiger partial charge in [0.15, 0.2) is 0 Å². The number of benzene rings is 1. The highest BCUT2D eigenvalue weighted by molar-refractivity contribution is 5.97. The smallest absolute Gasteiger partial charge is 0.280 e. The molecule has 214 valence electrons. The SMILES string of the molecule is CC(C)CC1C(=O)N2CCC[C@H]2[C@]2(O)O[C@@](C)(NC(=O)[C@H]3CC4c5cccc6[nH]cc(c56)C[C@H]4N(C)C3)C(=O)N12. The van der Waals surface area contributed by atoms with Crippen LogP contribution >= 0.6 is 0 Å². The summed E-state index contributed by atoms with van der Waals surface area (Å²) in [4.78, 5) is 49.8. The number of hydrogen-bond donors (Lipinski definition) is 3. The summed E-state index contributed by atoms with van der Waals surface area (Å²) in [6.07, 6.45) is 5.36. The molecule has 7 atom stereocenters. The fourth-order valence-corrected chi connectivity index (χ4v) is 8.29. The van der Waals surface area contributed by atoms with Gasteiger partial charge in [0.1, 0.15) is 12.1 Å². The molecule has 0 saturated carbocycles. The molecule has 0 radical (unpaired) electrons. The number of fused-ring (bicyclic) bond motifs is 5. The number of ether oxygens (including phenoxy) is 1. The zero-order valence-electron chi connectivity index (χ0n) is 23.6. The number of piperidine rings is 1. The summed E-state index contributed by atoms with van der Waals surface area (Å²) < 4.78 is 6.19. The standard InChI is InChI=1S/C30H39N5O5/c1-16(2)11-23-27(37)34-10-6-9-24(34)30(39)35(23)28(38)29(3,40-30)32-26(36)18-12-20-19-7-5-8-21-25(19)17(14-31-21)13-22(20)33(4)15-18/h5,7-8,14,16,18,20,22-24,31,39H,6,9-13,15H2,1-4H3,(H,32,36)/t18-,20?,22+,23?,24-,29+,30-/m0/s1. The number of rotatable bonds is 4. The molecule has 0 spiro atoms. The van der Waals surface area contributed by atoms with Crippen molar-refractivity contribution in [2.75, 3.05) is 20.1 Å². The highest BCUT2D eigenvalue weighted by Gasteiger charge is 2.70. The summed E-state index contributed by atoms with van der Waals surface area (Å²) in [5, 5.41) is 16.1. The lowest BCUT2D eigenvalue weighted by Gasteiger charge is -2.49. The number of aliphatic hydroxyl groups is 1. The number of aromatic amines is 1. The minimum atomic E-state index is -1.97. The van der Waals surface area contributed by atoms with Crippen LogP contribution in [0.4, 0.5) is 0 Å². The van der Waals surface area contributed by atoms with Crippen molar-refractivity contribution in [1.82, 2.24) is 25.0 Å². The van der Waals surface area contributed by atoms with Crippen LogP contribution in [0.25, 0.3) is 10.9 Å². The van der Waals surface area contributed by atoms with Crippen molar-refractivity contribution in [1.29, 1.82) is 0 Å². The molecule has 2 aromatic rings. The molecule has 4 aliphatic heterocycles. The normalized spacial score (nSPS) is 37.2. The van der Waals surface area contributed by atoms with E-state index in [0.29, 0.717) is 38.4 Å². The summed E-state index contributed by atoms with van der Waals surface area (Å²) in [7, 11) is 2.06. The molecule has 3 N–H and O–H groups in total. The minimum absolute atomic E-state index is 0.123. The third-order valence-corrected chi connectivity index (χ3v) is 10.0. The van der Waals surface area contributed by atoms with Gasteiger partial charge in [-0.25, -0.2) is 0 Å². The Balaban J connectivity index is 1.16. The van der Waals surface area contributed by atoms with Crippen LogP contribution in [0.1, 0.15) is 63.5 Å². The van der Waals surface area contributed by atoms with E-state index in [9.17, 15) is 19.5 Å². The van der Waals surface area contributed by atoms with Crippen LogP contribution in [-0.4, -0.2) is 92.4 Å². The molecular weight excluding hydrogens is 510 g/mol. The van der Waals surface area contributed by atoms with E-state index in [1.165, 1.54) is 28.3 Å². The number of carbonyl (C=O) groups is 3. The van der Waals surface area contributed by atoms with Crippen LogP contribution in [0, 0.1) is 11.8 Å². The van der Waals surface area contributed by atoms with Gasteiger partial charge >= 0.3 is 0 Å². The van der Waals surface area contributed by atoms with Gasteiger partial charge in [-0.2, -0.15) is 0 Å². The number of hydrogen-bond acceptors (Lipinski definition) is 6. The van der Waals surface area contributed by atoms with Gasteiger partial charge in [-0.3, -0.25) is 24.0 Å². The quantitative estimate of drug-likeness (QED) is 0.536. The molecular formula is C30H39N5O5.